The van der Waals surface area contributed by atoms with Crippen molar-refractivity contribution < 1.29 is 0 Å². The lowest BCUT2D eigenvalue weighted by Crippen LogP contribution is -2.15. The van der Waals surface area contributed by atoms with E-state index >= 15 is 0 Å². The van der Waals surface area contributed by atoms with Gasteiger partial charge in [0.15, 0.2) is 0 Å². The van der Waals surface area contributed by atoms with Gasteiger partial charge in [-0.1, -0.05) is 35.2 Å². The first kappa shape index (κ1) is 13.4. The number of nitrogens with zero attached hydrogens (tertiary/aromatic N) is 2. The summed E-state index contributed by atoms with van der Waals surface area (Å²) in [5.74, 6) is 1.78. The molecule has 0 aliphatic heterocycles. The molecule has 0 radical (unpaired) electrons. The summed E-state index contributed by atoms with van der Waals surface area (Å²) in [6, 6.07) is 7.00. The van der Waals surface area contributed by atoms with Gasteiger partial charge in [0.2, 0.25) is 0 Å². The number of benzene rings is 1. The fraction of sp³-hybridized carbons (Fsp3) is 0.533. The van der Waals surface area contributed by atoms with E-state index < -0.39 is 0 Å². The summed E-state index contributed by atoms with van der Waals surface area (Å²) in [7, 11) is 0. The first-order valence-electron chi connectivity index (χ1n) is 7.02. The van der Waals surface area contributed by atoms with Crippen LogP contribution in [0.25, 0.3) is 11.0 Å². The number of rotatable bonds is 3. The highest BCUT2D eigenvalue weighted by Crippen LogP contribution is 2.33. The Balaban J connectivity index is 2.09. The van der Waals surface area contributed by atoms with Crippen molar-refractivity contribution in [1.82, 2.24) is 9.55 Å². The molecule has 0 atom stereocenters. The average Bonchev–Trinajstić information content (AvgIpc) is 2.77. The lowest BCUT2D eigenvalue weighted by atomic mass is 9.95. The highest BCUT2D eigenvalue weighted by Gasteiger charge is 2.21. The van der Waals surface area contributed by atoms with Crippen LogP contribution in [0.5, 0.6) is 0 Å². The van der Waals surface area contributed by atoms with Crippen LogP contribution in [0.2, 0.25) is 0 Å². The molecule has 1 saturated carbocycles. The van der Waals surface area contributed by atoms with Gasteiger partial charge in [-0.3, -0.25) is 0 Å². The molecule has 4 heteroatoms. The molecule has 19 heavy (non-hydrogen) atoms. The molecule has 0 spiro atoms. The number of imidazole rings is 1. The molecule has 1 heterocycles. The number of aryl methyl sites for hydroxylation is 1. The second kappa shape index (κ2) is 5.84. The normalized spacial score (nSPS) is 17.2. The second-order valence-corrected chi connectivity index (χ2v) is 6.56. The number of halogens is 2. The minimum absolute atomic E-state index is 0.609. The molecule has 1 aromatic carbocycles. The standard InChI is InChI=1S/C15H18BrClN2/c16-11-6-7-14-13(10-11)18-15(8-9-17)19(14)12-4-2-1-3-5-12/h6-7,10,12H,1-5,8-9H2. The molecule has 0 amide bonds. The first-order valence-corrected chi connectivity index (χ1v) is 8.34. The van der Waals surface area contributed by atoms with Crippen molar-refractivity contribution in [2.45, 2.75) is 44.6 Å². The third kappa shape index (κ3) is 2.68. The van der Waals surface area contributed by atoms with Gasteiger partial charge in [0.1, 0.15) is 5.82 Å². The first-order chi connectivity index (χ1) is 9.29. The van der Waals surface area contributed by atoms with Crippen LogP contribution in [0.3, 0.4) is 0 Å². The van der Waals surface area contributed by atoms with Crippen LogP contribution < -0.4 is 0 Å². The third-order valence-electron chi connectivity index (χ3n) is 3.98. The van der Waals surface area contributed by atoms with Crippen molar-refractivity contribution in [2.75, 3.05) is 5.88 Å². The maximum Gasteiger partial charge on any atom is 0.111 e. The molecule has 1 aromatic heterocycles. The number of hydrogen-bond acceptors (Lipinski definition) is 1. The van der Waals surface area contributed by atoms with Crippen LogP contribution in [0.4, 0.5) is 0 Å². The van der Waals surface area contributed by atoms with E-state index in [-0.39, 0.29) is 0 Å². The molecular weight excluding hydrogens is 324 g/mol. The van der Waals surface area contributed by atoms with Crippen LogP contribution in [0.1, 0.15) is 44.0 Å². The summed E-state index contributed by atoms with van der Waals surface area (Å²) in [6.07, 6.45) is 7.44. The van der Waals surface area contributed by atoms with Gasteiger partial charge in [0.05, 0.1) is 11.0 Å². The predicted octanol–water partition coefficient (Wildman–Crippen LogP) is 5.09. The van der Waals surface area contributed by atoms with Crippen molar-refractivity contribution in [3.05, 3.63) is 28.5 Å². The Bertz CT molecular complexity index is 573. The van der Waals surface area contributed by atoms with E-state index in [0.29, 0.717) is 11.9 Å². The molecule has 2 nitrogen and oxygen atoms in total. The highest BCUT2D eigenvalue weighted by molar-refractivity contribution is 9.10. The van der Waals surface area contributed by atoms with E-state index in [1.165, 1.54) is 37.6 Å². The Morgan fingerprint density at radius 2 is 2.05 bits per heavy atom. The second-order valence-electron chi connectivity index (χ2n) is 5.26. The average molecular weight is 342 g/mol. The van der Waals surface area contributed by atoms with Gasteiger partial charge < -0.3 is 4.57 Å². The maximum atomic E-state index is 5.94. The van der Waals surface area contributed by atoms with Crippen LogP contribution in [-0.4, -0.2) is 15.4 Å². The zero-order valence-electron chi connectivity index (χ0n) is 10.9. The molecule has 0 N–H and O–H groups in total. The summed E-state index contributed by atoms with van der Waals surface area (Å²) in [5.41, 5.74) is 2.34. The van der Waals surface area contributed by atoms with Gasteiger partial charge in [-0.15, -0.1) is 11.6 Å². The van der Waals surface area contributed by atoms with E-state index in [2.05, 4.69) is 38.7 Å². The minimum Gasteiger partial charge on any atom is -0.325 e. The Morgan fingerprint density at radius 3 is 2.79 bits per heavy atom. The van der Waals surface area contributed by atoms with Gasteiger partial charge >= 0.3 is 0 Å². The summed E-state index contributed by atoms with van der Waals surface area (Å²) in [5, 5.41) is 0. The summed E-state index contributed by atoms with van der Waals surface area (Å²) >= 11 is 9.47. The number of alkyl halides is 1. The fourth-order valence-corrected chi connectivity index (χ4v) is 3.65. The molecular formula is C15H18BrClN2. The predicted molar refractivity (Wildman–Crippen MR) is 84.0 cm³/mol. The minimum atomic E-state index is 0.609. The molecule has 0 saturated heterocycles. The van der Waals surface area contributed by atoms with Crippen molar-refractivity contribution in [2.24, 2.45) is 0 Å². The summed E-state index contributed by atoms with van der Waals surface area (Å²) in [4.78, 5) is 4.79. The van der Waals surface area contributed by atoms with Gasteiger partial charge in [-0.05, 0) is 31.0 Å². The van der Waals surface area contributed by atoms with Gasteiger partial charge in [0.25, 0.3) is 0 Å². The van der Waals surface area contributed by atoms with E-state index in [4.69, 9.17) is 16.6 Å². The van der Waals surface area contributed by atoms with Crippen molar-refractivity contribution >= 4 is 38.6 Å². The Hall–Kier alpha value is -0.540. The highest BCUT2D eigenvalue weighted by atomic mass is 79.9. The molecule has 3 rings (SSSR count). The van der Waals surface area contributed by atoms with Gasteiger partial charge in [-0.2, -0.15) is 0 Å². The molecule has 0 bridgehead atoms. The number of fused-ring (bicyclic) bond motifs is 1. The van der Waals surface area contributed by atoms with Crippen LogP contribution >= 0.6 is 27.5 Å². The Morgan fingerprint density at radius 1 is 1.26 bits per heavy atom. The van der Waals surface area contributed by atoms with Gasteiger partial charge in [-0.25, -0.2) is 4.98 Å². The molecule has 0 unspecified atom stereocenters. The topological polar surface area (TPSA) is 17.8 Å². The summed E-state index contributed by atoms with van der Waals surface area (Å²) in [6.45, 7) is 0. The zero-order chi connectivity index (χ0) is 13.2. The Labute approximate surface area is 127 Å². The number of aromatic nitrogens is 2. The van der Waals surface area contributed by atoms with Crippen molar-refractivity contribution in [3.8, 4) is 0 Å². The lowest BCUT2D eigenvalue weighted by molar-refractivity contribution is 0.353. The third-order valence-corrected chi connectivity index (χ3v) is 4.66. The molecule has 1 aliphatic rings. The summed E-state index contributed by atoms with van der Waals surface area (Å²) < 4.78 is 3.54. The van der Waals surface area contributed by atoms with Crippen LogP contribution in [-0.2, 0) is 6.42 Å². The SMILES string of the molecule is ClCCc1nc2cc(Br)ccc2n1C1CCCCC1. The monoisotopic (exact) mass is 340 g/mol. The molecule has 2 aromatic rings. The van der Waals surface area contributed by atoms with E-state index in [0.717, 1.165) is 22.2 Å². The zero-order valence-corrected chi connectivity index (χ0v) is 13.3. The van der Waals surface area contributed by atoms with Crippen LogP contribution in [0.15, 0.2) is 22.7 Å². The van der Waals surface area contributed by atoms with E-state index in [9.17, 15) is 0 Å². The number of hydrogen-bond donors (Lipinski definition) is 0. The maximum absolute atomic E-state index is 5.94. The molecule has 102 valence electrons. The van der Waals surface area contributed by atoms with Crippen LogP contribution in [0, 0.1) is 0 Å². The fourth-order valence-electron chi connectivity index (χ4n) is 3.13. The van der Waals surface area contributed by atoms with Crippen molar-refractivity contribution in [1.29, 1.82) is 0 Å². The van der Waals surface area contributed by atoms with E-state index in [1.807, 2.05) is 0 Å². The van der Waals surface area contributed by atoms with E-state index in [1.54, 1.807) is 0 Å². The Kier molecular flexibility index (Phi) is 4.13. The lowest BCUT2D eigenvalue weighted by Gasteiger charge is -2.25. The smallest absolute Gasteiger partial charge is 0.111 e. The quantitative estimate of drug-likeness (QED) is 0.711. The van der Waals surface area contributed by atoms with Gasteiger partial charge in [0, 0.05) is 22.8 Å². The largest absolute Gasteiger partial charge is 0.325 e. The molecule has 1 fully saturated rings. The molecule has 1 aliphatic carbocycles. The van der Waals surface area contributed by atoms with Crippen molar-refractivity contribution in [3.63, 3.8) is 0 Å².